The Kier molecular flexibility index (Phi) is 5.49. The number of unbranched alkanes of at least 4 members (excludes halogenated alkanes) is 1. The number of ketones is 1. The number of Topliss-reactive ketones (excluding diaryl/α,β-unsaturated/α-hetero) is 1. The molecule has 0 saturated carbocycles. The molecule has 27 heavy (non-hydrogen) atoms. The summed E-state index contributed by atoms with van der Waals surface area (Å²) in [6, 6.07) is 12.2. The smallest absolute Gasteiger partial charge is 0.255 e. The lowest BCUT2D eigenvalue weighted by Gasteiger charge is -2.31. The number of ether oxygens (including phenoxy) is 2. The number of carbonyl (C=O) groups excluding carboxylic acids is 2. The predicted molar refractivity (Wildman–Crippen MR) is 105 cm³/mol. The summed E-state index contributed by atoms with van der Waals surface area (Å²) in [7, 11) is 0. The summed E-state index contributed by atoms with van der Waals surface area (Å²) in [5.74, 6) is 1.03. The third-order valence-corrected chi connectivity index (χ3v) is 4.39. The maximum Gasteiger partial charge on any atom is 0.255 e. The van der Waals surface area contributed by atoms with Gasteiger partial charge >= 0.3 is 0 Å². The zero-order chi connectivity index (χ0) is 19.4. The van der Waals surface area contributed by atoms with Crippen molar-refractivity contribution in [2.45, 2.75) is 45.6 Å². The minimum atomic E-state index is -0.519. The summed E-state index contributed by atoms with van der Waals surface area (Å²) in [6.07, 6.45) is 2.39. The second-order valence-electron chi connectivity index (χ2n) is 7.35. The Morgan fingerprint density at radius 1 is 1.19 bits per heavy atom. The van der Waals surface area contributed by atoms with Gasteiger partial charge in [0, 0.05) is 11.3 Å². The molecule has 0 spiro atoms. The zero-order valence-electron chi connectivity index (χ0n) is 16.0. The highest BCUT2D eigenvalue weighted by Gasteiger charge is 2.32. The molecule has 0 unspecified atom stereocenters. The summed E-state index contributed by atoms with van der Waals surface area (Å²) in [6.45, 7) is 6.56. The zero-order valence-corrected chi connectivity index (χ0v) is 16.0. The van der Waals surface area contributed by atoms with E-state index in [4.69, 9.17) is 9.47 Å². The average Bonchev–Trinajstić information content (AvgIpc) is 2.62. The minimum absolute atomic E-state index is 0.00974. The molecule has 0 aromatic heterocycles. The maximum absolute atomic E-state index is 12.5. The van der Waals surface area contributed by atoms with Crippen LogP contribution in [0.25, 0.3) is 0 Å². The molecule has 5 heteroatoms. The van der Waals surface area contributed by atoms with Crippen molar-refractivity contribution in [3.8, 4) is 11.5 Å². The molecule has 0 saturated heterocycles. The summed E-state index contributed by atoms with van der Waals surface area (Å²) in [4.78, 5) is 24.9. The third kappa shape index (κ3) is 4.67. The molecule has 1 heterocycles. The first-order valence-electron chi connectivity index (χ1n) is 9.28. The number of benzene rings is 2. The number of nitrogens with one attached hydrogen (secondary N) is 1. The number of hydrogen-bond donors (Lipinski definition) is 1. The molecule has 0 fully saturated rings. The number of rotatable bonds is 6. The van der Waals surface area contributed by atoms with Gasteiger partial charge in [0.2, 0.25) is 0 Å². The molecule has 142 valence electrons. The Morgan fingerprint density at radius 2 is 1.93 bits per heavy atom. The van der Waals surface area contributed by atoms with Gasteiger partial charge in [0.1, 0.15) is 17.1 Å². The largest absolute Gasteiger partial charge is 0.494 e. The third-order valence-electron chi connectivity index (χ3n) is 4.39. The van der Waals surface area contributed by atoms with Gasteiger partial charge in [-0.25, -0.2) is 0 Å². The van der Waals surface area contributed by atoms with Crippen LogP contribution in [0.5, 0.6) is 11.5 Å². The van der Waals surface area contributed by atoms with Crippen LogP contribution in [0.2, 0.25) is 0 Å². The molecular formula is C22H25NO4. The highest BCUT2D eigenvalue weighted by atomic mass is 16.5. The van der Waals surface area contributed by atoms with E-state index < -0.39 is 5.60 Å². The molecule has 1 aliphatic heterocycles. The standard InChI is InChI=1S/C22H25NO4/c1-4-5-12-26-17-9-7-16(8-10-17)23-21(25)15-6-11-20-18(13-15)19(24)14-22(2,3)27-20/h6-11,13H,4-5,12,14H2,1-3H3,(H,23,25). The number of anilines is 1. The van der Waals surface area contributed by atoms with Crippen LogP contribution in [0.4, 0.5) is 5.69 Å². The Balaban J connectivity index is 1.68. The lowest BCUT2D eigenvalue weighted by molar-refractivity contribution is 0.0620. The van der Waals surface area contributed by atoms with Crippen LogP contribution < -0.4 is 14.8 Å². The van der Waals surface area contributed by atoms with E-state index >= 15 is 0 Å². The van der Waals surface area contributed by atoms with E-state index in [2.05, 4.69) is 12.2 Å². The van der Waals surface area contributed by atoms with E-state index in [9.17, 15) is 9.59 Å². The fourth-order valence-electron chi connectivity index (χ4n) is 2.97. The van der Waals surface area contributed by atoms with Gasteiger partial charge in [-0.05, 0) is 62.7 Å². The fourth-order valence-corrected chi connectivity index (χ4v) is 2.97. The number of amides is 1. The monoisotopic (exact) mass is 367 g/mol. The molecular weight excluding hydrogens is 342 g/mol. The Hall–Kier alpha value is -2.82. The molecule has 2 aromatic rings. The number of hydrogen-bond acceptors (Lipinski definition) is 4. The molecule has 3 rings (SSSR count). The van der Waals surface area contributed by atoms with Crippen LogP contribution in [0, 0.1) is 0 Å². The first-order valence-corrected chi connectivity index (χ1v) is 9.28. The molecule has 1 amide bonds. The normalized spacial score (nSPS) is 14.9. The quantitative estimate of drug-likeness (QED) is 0.741. The SMILES string of the molecule is CCCCOc1ccc(NC(=O)c2ccc3c(c2)C(=O)CC(C)(C)O3)cc1. The summed E-state index contributed by atoms with van der Waals surface area (Å²) in [5, 5.41) is 2.84. The molecule has 2 aromatic carbocycles. The first kappa shape index (κ1) is 19.0. The van der Waals surface area contributed by atoms with Gasteiger partial charge in [-0.15, -0.1) is 0 Å². The predicted octanol–water partition coefficient (Wildman–Crippen LogP) is 4.86. The van der Waals surface area contributed by atoms with Crippen molar-refractivity contribution in [2.24, 2.45) is 0 Å². The van der Waals surface area contributed by atoms with Gasteiger partial charge in [-0.2, -0.15) is 0 Å². The van der Waals surface area contributed by atoms with E-state index in [0.717, 1.165) is 18.6 Å². The van der Waals surface area contributed by atoms with Gasteiger partial charge in [0.15, 0.2) is 5.78 Å². The lowest BCUT2D eigenvalue weighted by atomic mass is 9.92. The van der Waals surface area contributed by atoms with Gasteiger partial charge in [0.25, 0.3) is 5.91 Å². The van der Waals surface area contributed by atoms with E-state index in [-0.39, 0.29) is 11.7 Å². The Bertz CT molecular complexity index is 840. The first-order chi connectivity index (χ1) is 12.9. The highest BCUT2D eigenvalue weighted by Crippen LogP contribution is 2.33. The number of carbonyl (C=O) groups is 2. The number of fused-ring (bicyclic) bond motifs is 1. The van der Waals surface area contributed by atoms with Gasteiger partial charge < -0.3 is 14.8 Å². The second kappa shape index (κ2) is 7.82. The molecule has 5 nitrogen and oxygen atoms in total. The van der Waals surface area contributed by atoms with Crippen LogP contribution in [0.3, 0.4) is 0 Å². The van der Waals surface area contributed by atoms with Crippen molar-refractivity contribution in [1.82, 2.24) is 0 Å². The molecule has 0 bridgehead atoms. The summed E-state index contributed by atoms with van der Waals surface area (Å²) < 4.78 is 11.4. The lowest BCUT2D eigenvalue weighted by Crippen LogP contribution is -2.36. The highest BCUT2D eigenvalue weighted by molar-refractivity contribution is 6.07. The van der Waals surface area contributed by atoms with E-state index in [1.807, 2.05) is 26.0 Å². The fraction of sp³-hybridized carbons (Fsp3) is 0.364. The van der Waals surface area contributed by atoms with Crippen molar-refractivity contribution < 1.29 is 19.1 Å². The molecule has 0 aliphatic carbocycles. The molecule has 1 aliphatic rings. The van der Waals surface area contributed by atoms with E-state index in [1.165, 1.54) is 0 Å². The maximum atomic E-state index is 12.5. The Morgan fingerprint density at radius 3 is 2.63 bits per heavy atom. The van der Waals surface area contributed by atoms with E-state index in [0.29, 0.717) is 35.6 Å². The van der Waals surface area contributed by atoms with E-state index in [1.54, 1.807) is 30.3 Å². The van der Waals surface area contributed by atoms with Crippen molar-refractivity contribution in [2.75, 3.05) is 11.9 Å². The Labute approximate surface area is 159 Å². The summed E-state index contributed by atoms with van der Waals surface area (Å²) >= 11 is 0. The van der Waals surface area contributed by atoms with Crippen molar-refractivity contribution >= 4 is 17.4 Å². The summed E-state index contributed by atoms with van der Waals surface area (Å²) in [5.41, 5.74) is 1.04. The molecule has 0 atom stereocenters. The molecule has 0 radical (unpaired) electrons. The van der Waals surface area contributed by atoms with Gasteiger partial charge in [-0.1, -0.05) is 13.3 Å². The second-order valence-corrected chi connectivity index (χ2v) is 7.35. The van der Waals surface area contributed by atoms with Gasteiger partial charge in [0.05, 0.1) is 18.6 Å². The van der Waals surface area contributed by atoms with Crippen LogP contribution in [0.15, 0.2) is 42.5 Å². The minimum Gasteiger partial charge on any atom is -0.494 e. The van der Waals surface area contributed by atoms with Crippen molar-refractivity contribution in [1.29, 1.82) is 0 Å². The van der Waals surface area contributed by atoms with Crippen molar-refractivity contribution in [3.63, 3.8) is 0 Å². The van der Waals surface area contributed by atoms with Gasteiger partial charge in [-0.3, -0.25) is 9.59 Å². The van der Waals surface area contributed by atoms with Crippen LogP contribution in [-0.4, -0.2) is 23.9 Å². The van der Waals surface area contributed by atoms with Crippen LogP contribution in [-0.2, 0) is 0 Å². The molecule has 1 N–H and O–H groups in total. The topological polar surface area (TPSA) is 64.6 Å². The van der Waals surface area contributed by atoms with Crippen LogP contribution in [0.1, 0.15) is 60.7 Å². The van der Waals surface area contributed by atoms with Crippen molar-refractivity contribution in [3.05, 3.63) is 53.6 Å². The van der Waals surface area contributed by atoms with Crippen LogP contribution >= 0.6 is 0 Å². The average molecular weight is 367 g/mol.